The van der Waals surface area contributed by atoms with E-state index in [1.807, 2.05) is 0 Å². The van der Waals surface area contributed by atoms with E-state index >= 15 is 0 Å². The van der Waals surface area contributed by atoms with Crippen molar-refractivity contribution in [1.29, 1.82) is 0 Å². The smallest absolute Gasteiger partial charge is 0.290 e. The number of nitrogens with one attached hydrogen (secondary N) is 1. The van der Waals surface area contributed by atoms with E-state index in [1.165, 1.54) is 26.1 Å². The van der Waals surface area contributed by atoms with Crippen LogP contribution in [0.3, 0.4) is 0 Å². The highest BCUT2D eigenvalue weighted by atomic mass is 19.3. The molecule has 1 aromatic rings. The minimum absolute atomic E-state index is 0.568. The molecule has 0 fully saturated rings. The Morgan fingerprint density at radius 2 is 1.86 bits per heavy atom. The van der Waals surface area contributed by atoms with Crippen molar-refractivity contribution in [2.45, 2.75) is 18.9 Å². The van der Waals surface area contributed by atoms with Gasteiger partial charge in [0, 0.05) is 0 Å². The van der Waals surface area contributed by atoms with Crippen molar-refractivity contribution in [3.8, 4) is 0 Å². The average molecular weight is 203 g/mol. The van der Waals surface area contributed by atoms with E-state index in [0.29, 0.717) is 0 Å². The van der Waals surface area contributed by atoms with Gasteiger partial charge in [0.15, 0.2) is 0 Å². The van der Waals surface area contributed by atoms with Crippen LogP contribution in [0.2, 0.25) is 0 Å². The van der Waals surface area contributed by atoms with Crippen molar-refractivity contribution in [3.05, 3.63) is 35.6 Å². The van der Waals surface area contributed by atoms with Crippen molar-refractivity contribution >= 4 is 0 Å². The number of hydrogen-bond acceptors (Lipinski definition) is 1. The van der Waals surface area contributed by atoms with Gasteiger partial charge in [-0.05, 0) is 20.0 Å². The van der Waals surface area contributed by atoms with Gasteiger partial charge in [-0.1, -0.05) is 18.2 Å². The zero-order valence-corrected chi connectivity index (χ0v) is 8.02. The molecule has 0 radical (unpaired) electrons. The number of rotatable bonds is 3. The molecule has 14 heavy (non-hydrogen) atoms. The summed E-state index contributed by atoms with van der Waals surface area (Å²) in [6, 6.07) is 3.82. The van der Waals surface area contributed by atoms with Crippen LogP contribution in [0.25, 0.3) is 0 Å². The first kappa shape index (κ1) is 11.0. The molecule has 1 rings (SSSR count). The SMILES string of the molecule is CNC(C)C(F)(F)c1ccccc1F. The van der Waals surface area contributed by atoms with Crippen LogP contribution in [0.4, 0.5) is 13.2 Å². The molecule has 1 atom stereocenters. The molecule has 4 heteroatoms. The Morgan fingerprint density at radius 3 is 2.36 bits per heavy atom. The Balaban J connectivity index is 3.09. The second-order valence-corrected chi connectivity index (χ2v) is 3.11. The van der Waals surface area contributed by atoms with E-state index in [1.54, 1.807) is 0 Å². The number of hydrogen-bond donors (Lipinski definition) is 1. The summed E-state index contributed by atoms with van der Waals surface area (Å²) in [5.41, 5.74) is -0.568. The van der Waals surface area contributed by atoms with Gasteiger partial charge >= 0.3 is 0 Å². The molecule has 0 spiro atoms. The van der Waals surface area contributed by atoms with Crippen molar-refractivity contribution in [3.63, 3.8) is 0 Å². The molecule has 0 aliphatic rings. The van der Waals surface area contributed by atoms with E-state index in [-0.39, 0.29) is 0 Å². The average Bonchev–Trinajstić information content (AvgIpc) is 2.17. The molecule has 1 aromatic carbocycles. The predicted molar refractivity (Wildman–Crippen MR) is 48.8 cm³/mol. The highest BCUT2D eigenvalue weighted by Gasteiger charge is 2.39. The molecule has 0 saturated heterocycles. The molecule has 1 nitrogen and oxygen atoms in total. The summed E-state index contributed by atoms with van der Waals surface area (Å²) in [6.45, 7) is 1.31. The van der Waals surface area contributed by atoms with Gasteiger partial charge < -0.3 is 5.32 Å². The van der Waals surface area contributed by atoms with E-state index in [2.05, 4.69) is 5.32 Å². The van der Waals surface area contributed by atoms with E-state index in [0.717, 1.165) is 12.1 Å². The van der Waals surface area contributed by atoms with Crippen LogP contribution in [0.1, 0.15) is 12.5 Å². The van der Waals surface area contributed by atoms with Gasteiger partial charge in [0.05, 0.1) is 11.6 Å². The van der Waals surface area contributed by atoms with Gasteiger partial charge in [0.25, 0.3) is 5.92 Å². The summed E-state index contributed by atoms with van der Waals surface area (Å²) in [6.07, 6.45) is 0. The van der Waals surface area contributed by atoms with Crippen LogP contribution in [0.15, 0.2) is 24.3 Å². The van der Waals surface area contributed by atoms with Gasteiger partial charge in [-0.15, -0.1) is 0 Å². The molecule has 78 valence electrons. The summed E-state index contributed by atoms with van der Waals surface area (Å²) in [4.78, 5) is 0. The van der Waals surface area contributed by atoms with E-state index in [9.17, 15) is 13.2 Å². The molecule has 0 heterocycles. The summed E-state index contributed by atoms with van der Waals surface area (Å²) < 4.78 is 40.1. The normalized spacial score (nSPS) is 14.1. The van der Waals surface area contributed by atoms with Crippen LogP contribution < -0.4 is 5.32 Å². The molecule has 0 aliphatic carbocycles. The van der Waals surface area contributed by atoms with Gasteiger partial charge in [0.1, 0.15) is 5.82 Å². The molecule has 0 saturated carbocycles. The molecular weight excluding hydrogens is 191 g/mol. The molecule has 0 amide bonds. The Morgan fingerprint density at radius 1 is 1.29 bits per heavy atom. The first-order valence-electron chi connectivity index (χ1n) is 4.30. The highest BCUT2D eigenvalue weighted by molar-refractivity contribution is 5.23. The monoisotopic (exact) mass is 203 g/mol. The Bertz CT molecular complexity index is 312. The van der Waals surface area contributed by atoms with Crippen molar-refractivity contribution in [2.24, 2.45) is 0 Å². The fraction of sp³-hybridized carbons (Fsp3) is 0.400. The fourth-order valence-corrected chi connectivity index (χ4v) is 1.15. The molecular formula is C10H12F3N. The van der Waals surface area contributed by atoms with Crippen LogP contribution in [-0.4, -0.2) is 13.1 Å². The lowest BCUT2D eigenvalue weighted by Gasteiger charge is -2.23. The Kier molecular flexibility index (Phi) is 3.16. The van der Waals surface area contributed by atoms with Crippen LogP contribution in [-0.2, 0) is 5.92 Å². The van der Waals surface area contributed by atoms with Gasteiger partial charge in [-0.3, -0.25) is 0 Å². The standard InChI is InChI=1S/C10H12F3N/c1-7(14-2)10(12,13)8-5-3-4-6-9(8)11/h3-7,14H,1-2H3. The summed E-state index contributed by atoms with van der Waals surface area (Å²) in [5, 5.41) is 2.41. The summed E-state index contributed by atoms with van der Waals surface area (Å²) in [7, 11) is 1.42. The zero-order chi connectivity index (χ0) is 10.8. The molecule has 0 aliphatic heterocycles. The molecule has 1 unspecified atom stereocenters. The van der Waals surface area contributed by atoms with Crippen molar-refractivity contribution in [1.82, 2.24) is 5.32 Å². The van der Waals surface area contributed by atoms with Crippen LogP contribution >= 0.6 is 0 Å². The number of likely N-dealkylation sites (N-methyl/N-ethyl adjacent to an activating group) is 1. The number of alkyl halides is 2. The maximum absolute atomic E-state index is 13.5. The minimum atomic E-state index is -3.19. The van der Waals surface area contributed by atoms with Crippen molar-refractivity contribution in [2.75, 3.05) is 7.05 Å². The molecule has 0 bridgehead atoms. The maximum atomic E-state index is 13.5. The minimum Gasteiger partial charge on any atom is -0.312 e. The molecule has 1 N–H and O–H groups in total. The summed E-state index contributed by atoms with van der Waals surface area (Å²) >= 11 is 0. The first-order valence-corrected chi connectivity index (χ1v) is 4.30. The second-order valence-electron chi connectivity index (χ2n) is 3.11. The largest absolute Gasteiger partial charge is 0.312 e. The topological polar surface area (TPSA) is 12.0 Å². The van der Waals surface area contributed by atoms with E-state index in [4.69, 9.17) is 0 Å². The quantitative estimate of drug-likeness (QED) is 0.796. The van der Waals surface area contributed by atoms with Crippen molar-refractivity contribution < 1.29 is 13.2 Å². The lowest BCUT2D eigenvalue weighted by atomic mass is 10.0. The first-order chi connectivity index (χ1) is 6.50. The third-order valence-corrected chi connectivity index (χ3v) is 2.21. The highest BCUT2D eigenvalue weighted by Crippen LogP contribution is 2.32. The maximum Gasteiger partial charge on any atom is 0.290 e. The van der Waals surface area contributed by atoms with E-state index < -0.39 is 23.3 Å². The lowest BCUT2D eigenvalue weighted by Crippen LogP contribution is -2.39. The zero-order valence-electron chi connectivity index (χ0n) is 8.02. The van der Waals surface area contributed by atoms with Gasteiger partial charge in [0.2, 0.25) is 0 Å². The van der Waals surface area contributed by atoms with Gasteiger partial charge in [-0.2, -0.15) is 8.78 Å². The number of halogens is 3. The lowest BCUT2D eigenvalue weighted by molar-refractivity contribution is -0.0384. The predicted octanol–water partition coefficient (Wildman–Crippen LogP) is 2.53. The Hall–Kier alpha value is -1.03. The van der Waals surface area contributed by atoms with Crippen LogP contribution in [0, 0.1) is 5.82 Å². The molecule has 0 aromatic heterocycles. The fourth-order valence-electron chi connectivity index (χ4n) is 1.15. The third-order valence-electron chi connectivity index (χ3n) is 2.21. The number of benzene rings is 1. The van der Waals surface area contributed by atoms with Gasteiger partial charge in [-0.25, -0.2) is 4.39 Å². The second kappa shape index (κ2) is 4.00. The Labute approximate surface area is 80.9 Å². The third kappa shape index (κ3) is 1.90. The summed E-state index contributed by atoms with van der Waals surface area (Å²) in [5.74, 6) is -4.07. The van der Waals surface area contributed by atoms with Crippen LogP contribution in [0.5, 0.6) is 0 Å².